The average molecular weight is 352 g/mol. The third-order valence-corrected chi connectivity index (χ3v) is 3.56. The Labute approximate surface area is 146 Å². The number of carbonyl (C=O) groups is 3. The van der Waals surface area contributed by atoms with Crippen LogP contribution in [0, 0.1) is 0 Å². The van der Waals surface area contributed by atoms with Crippen molar-refractivity contribution in [2.45, 2.75) is 0 Å². The molecule has 8 nitrogen and oxygen atoms in total. The van der Waals surface area contributed by atoms with Gasteiger partial charge in [-0.2, -0.15) is 0 Å². The van der Waals surface area contributed by atoms with Crippen LogP contribution in [0.3, 0.4) is 0 Å². The number of carboxylic acid groups (broad SMARTS) is 2. The van der Waals surface area contributed by atoms with Crippen molar-refractivity contribution in [3.63, 3.8) is 0 Å². The minimum absolute atomic E-state index is 0.128. The van der Waals surface area contributed by atoms with E-state index in [9.17, 15) is 19.5 Å². The smallest absolute Gasteiger partial charge is 0.394 e. The summed E-state index contributed by atoms with van der Waals surface area (Å²) in [4.78, 5) is 33.3. The topological polar surface area (TPSA) is 130 Å². The molecule has 0 atom stereocenters. The molecule has 0 saturated carbocycles. The first kappa shape index (κ1) is 16.9. The highest BCUT2D eigenvalue weighted by molar-refractivity contribution is 6.36. The van der Waals surface area contributed by atoms with Crippen molar-refractivity contribution in [3.8, 4) is 22.6 Å². The Hall–Kier alpha value is -3.94. The number of nitrogens with one attached hydrogen (secondary N) is 1. The van der Waals surface area contributed by atoms with Crippen LogP contribution < -0.4 is 5.32 Å². The van der Waals surface area contributed by atoms with E-state index in [1.807, 2.05) is 35.6 Å². The number of rotatable bonds is 4. The van der Waals surface area contributed by atoms with Gasteiger partial charge in [0.2, 0.25) is 0 Å². The minimum Gasteiger partial charge on any atom is -0.478 e. The number of carboxylic acids is 2. The summed E-state index contributed by atoms with van der Waals surface area (Å²) in [5, 5.41) is 24.0. The van der Waals surface area contributed by atoms with E-state index in [0.29, 0.717) is 17.0 Å². The first-order chi connectivity index (χ1) is 12.5. The number of benzene rings is 2. The molecule has 130 valence electrons. The number of aliphatic carboxylic acids is 1. The zero-order valence-electron chi connectivity index (χ0n) is 13.2. The normalized spacial score (nSPS) is 10.3. The molecule has 0 aliphatic rings. The van der Waals surface area contributed by atoms with Crippen LogP contribution in [0.5, 0.6) is 0 Å². The number of nitrogens with zero attached hydrogens (tertiary/aromatic N) is 1. The lowest BCUT2D eigenvalue weighted by atomic mass is 10.1. The highest BCUT2D eigenvalue weighted by Gasteiger charge is 2.19. The number of hydrogen-bond acceptors (Lipinski definition) is 5. The summed E-state index contributed by atoms with van der Waals surface area (Å²) in [5.41, 5.74) is 1.45. The van der Waals surface area contributed by atoms with E-state index in [4.69, 9.17) is 9.63 Å². The summed E-state index contributed by atoms with van der Waals surface area (Å²) < 4.78 is 5.27. The van der Waals surface area contributed by atoms with E-state index >= 15 is 0 Å². The quantitative estimate of drug-likeness (QED) is 0.615. The van der Waals surface area contributed by atoms with Crippen LogP contribution in [-0.4, -0.2) is 33.2 Å². The van der Waals surface area contributed by atoms with Gasteiger partial charge in [0.15, 0.2) is 5.76 Å². The molecule has 3 N–H and O–H groups in total. The summed E-state index contributed by atoms with van der Waals surface area (Å²) in [6, 6.07) is 15.0. The van der Waals surface area contributed by atoms with Crippen LogP contribution in [0.15, 0.2) is 59.1 Å². The number of hydrogen-bond donors (Lipinski definition) is 3. The Kier molecular flexibility index (Phi) is 4.48. The van der Waals surface area contributed by atoms with Crippen LogP contribution >= 0.6 is 0 Å². The second kappa shape index (κ2) is 6.89. The zero-order chi connectivity index (χ0) is 18.7. The molecule has 0 saturated heterocycles. The fourth-order valence-electron chi connectivity index (χ4n) is 2.32. The fourth-order valence-corrected chi connectivity index (χ4v) is 2.32. The van der Waals surface area contributed by atoms with Gasteiger partial charge in [-0.1, -0.05) is 35.5 Å². The van der Waals surface area contributed by atoms with Gasteiger partial charge in [0.25, 0.3) is 0 Å². The number of aromatic carboxylic acids is 1. The van der Waals surface area contributed by atoms with Crippen molar-refractivity contribution < 1.29 is 29.1 Å². The summed E-state index contributed by atoms with van der Waals surface area (Å²) in [7, 11) is 0. The molecule has 1 aromatic heterocycles. The van der Waals surface area contributed by atoms with Crippen molar-refractivity contribution in [1.82, 2.24) is 5.16 Å². The van der Waals surface area contributed by atoms with Gasteiger partial charge >= 0.3 is 17.8 Å². The molecule has 0 aliphatic carbocycles. The molecule has 0 fully saturated rings. The molecule has 0 aliphatic heterocycles. The van der Waals surface area contributed by atoms with Crippen LogP contribution in [0.4, 0.5) is 5.69 Å². The molecular weight excluding hydrogens is 340 g/mol. The first-order valence-electron chi connectivity index (χ1n) is 7.40. The van der Waals surface area contributed by atoms with Crippen molar-refractivity contribution in [2.24, 2.45) is 0 Å². The van der Waals surface area contributed by atoms with E-state index in [-0.39, 0.29) is 11.3 Å². The van der Waals surface area contributed by atoms with Crippen molar-refractivity contribution in [2.75, 3.05) is 5.32 Å². The van der Waals surface area contributed by atoms with Gasteiger partial charge in [-0.3, -0.25) is 4.79 Å². The number of carbonyl (C=O) groups excluding carboxylic acids is 1. The van der Waals surface area contributed by atoms with Gasteiger partial charge in [-0.05, 0) is 18.2 Å². The van der Waals surface area contributed by atoms with Gasteiger partial charge in [-0.25, -0.2) is 9.59 Å². The Morgan fingerprint density at radius 3 is 2.31 bits per heavy atom. The molecule has 0 radical (unpaired) electrons. The molecule has 0 unspecified atom stereocenters. The monoisotopic (exact) mass is 352 g/mol. The highest BCUT2D eigenvalue weighted by atomic mass is 16.5. The molecule has 0 bridgehead atoms. The fraction of sp³-hybridized carbons (Fsp3) is 0. The molecule has 8 heteroatoms. The minimum atomic E-state index is -1.71. The maximum absolute atomic E-state index is 11.4. The molecule has 0 spiro atoms. The van der Waals surface area contributed by atoms with E-state index in [1.54, 1.807) is 6.07 Å². The lowest BCUT2D eigenvalue weighted by Gasteiger charge is -2.07. The molecule has 3 rings (SSSR count). The summed E-state index contributed by atoms with van der Waals surface area (Å²) in [6.07, 6.45) is 0. The van der Waals surface area contributed by atoms with Crippen LogP contribution in [0.2, 0.25) is 0 Å². The number of aromatic nitrogens is 1. The third-order valence-electron chi connectivity index (χ3n) is 3.56. The predicted molar refractivity (Wildman–Crippen MR) is 90.6 cm³/mol. The van der Waals surface area contributed by atoms with Crippen molar-refractivity contribution >= 4 is 23.5 Å². The molecule has 1 heterocycles. The van der Waals surface area contributed by atoms with E-state index in [1.165, 1.54) is 18.2 Å². The zero-order valence-corrected chi connectivity index (χ0v) is 13.2. The first-order valence-corrected chi connectivity index (χ1v) is 7.40. The second-order valence-corrected chi connectivity index (χ2v) is 5.27. The van der Waals surface area contributed by atoms with E-state index in [2.05, 4.69) is 5.16 Å². The van der Waals surface area contributed by atoms with Gasteiger partial charge in [0, 0.05) is 17.2 Å². The van der Waals surface area contributed by atoms with E-state index in [0.717, 1.165) is 5.56 Å². The predicted octanol–water partition coefficient (Wildman–Crippen LogP) is 2.73. The van der Waals surface area contributed by atoms with Gasteiger partial charge in [-0.15, -0.1) is 0 Å². The molecule has 2 aromatic carbocycles. The van der Waals surface area contributed by atoms with Gasteiger partial charge in [0.05, 0.1) is 11.3 Å². The SMILES string of the molecule is O=C(O)C(=O)Nc1ccc(-c2cc(-c3ccccc3)no2)cc1C(=O)O. The molecular formula is C18H12N2O6. The molecule has 1 amide bonds. The summed E-state index contributed by atoms with van der Waals surface area (Å²) >= 11 is 0. The number of anilines is 1. The summed E-state index contributed by atoms with van der Waals surface area (Å²) in [5.74, 6) is -4.03. The Morgan fingerprint density at radius 1 is 0.923 bits per heavy atom. The van der Waals surface area contributed by atoms with Crippen LogP contribution in [-0.2, 0) is 9.59 Å². The Morgan fingerprint density at radius 2 is 1.65 bits per heavy atom. The van der Waals surface area contributed by atoms with E-state index < -0.39 is 17.8 Å². The lowest BCUT2D eigenvalue weighted by molar-refractivity contribution is -0.147. The standard InChI is InChI=1S/C18H12N2O6/c21-16(18(24)25)19-13-7-6-11(8-12(13)17(22)23)15-9-14(20-26-15)10-4-2-1-3-5-10/h1-9H,(H,19,21)(H,22,23)(H,24,25). The summed E-state index contributed by atoms with van der Waals surface area (Å²) in [6.45, 7) is 0. The van der Waals surface area contributed by atoms with Crippen LogP contribution in [0.25, 0.3) is 22.6 Å². The molecule has 3 aromatic rings. The molecule has 26 heavy (non-hydrogen) atoms. The largest absolute Gasteiger partial charge is 0.478 e. The maximum atomic E-state index is 11.4. The maximum Gasteiger partial charge on any atom is 0.394 e. The van der Waals surface area contributed by atoms with Crippen LogP contribution in [0.1, 0.15) is 10.4 Å². The van der Waals surface area contributed by atoms with Gasteiger partial charge < -0.3 is 20.1 Å². The Bertz CT molecular complexity index is 994. The second-order valence-electron chi connectivity index (χ2n) is 5.27. The highest BCUT2D eigenvalue weighted by Crippen LogP contribution is 2.29. The number of amides is 1. The third kappa shape index (κ3) is 3.44. The van der Waals surface area contributed by atoms with Gasteiger partial charge in [0.1, 0.15) is 5.69 Å². The van der Waals surface area contributed by atoms with Crippen molar-refractivity contribution in [3.05, 3.63) is 60.2 Å². The lowest BCUT2D eigenvalue weighted by Crippen LogP contribution is -2.23. The Balaban J connectivity index is 1.95. The van der Waals surface area contributed by atoms with Crippen molar-refractivity contribution in [1.29, 1.82) is 0 Å². The average Bonchev–Trinajstić information content (AvgIpc) is 3.12.